The Morgan fingerprint density at radius 1 is 1.19 bits per heavy atom. The molecule has 0 saturated heterocycles. The average Bonchev–Trinajstić information content (AvgIpc) is 3.27. The van der Waals surface area contributed by atoms with Gasteiger partial charge in [-0.1, -0.05) is 30.3 Å². The zero-order chi connectivity index (χ0) is 22.4. The second-order valence-electron chi connectivity index (χ2n) is 7.11. The van der Waals surface area contributed by atoms with Crippen molar-refractivity contribution in [2.75, 3.05) is 0 Å². The van der Waals surface area contributed by atoms with E-state index in [9.17, 15) is 19.7 Å². The predicted octanol–water partition coefficient (Wildman–Crippen LogP) is 3.59. The fraction of sp³-hybridized carbons (Fsp3) is 0.227. The summed E-state index contributed by atoms with van der Waals surface area (Å²) in [6, 6.07) is 12.5. The van der Waals surface area contributed by atoms with Gasteiger partial charge < -0.3 is 14.6 Å². The van der Waals surface area contributed by atoms with Crippen molar-refractivity contribution in [2.24, 2.45) is 0 Å². The molecule has 1 N–H and O–H groups in total. The maximum Gasteiger partial charge on any atom is 0.308 e. The smallest absolute Gasteiger partial charge is 0.308 e. The van der Waals surface area contributed by atoms with Crippen molar-refractivity contribution >= 4 is 17.6 Å². The van der Waals surface area contributed by atoms with Crippen molar-refractivity contribution in [3.63, 3.8) is 0 Å². The van der Waals surface area contributed by atoms with Crippen LogP contribution in [0.4, 0.5) is 5.69 Å². The number of esters is 1. The second kappa shape index (κ2) is 9.66. The number of hydrogen-bond acceptors (Lipinski definition) is 6. The van der Waals surface area contributed by atoms with E-state index in [1.165, 1.54) is 35.3 Å². The summed E-state index contributed by atoms with van der Waals surface area (Å²) >= 11 is 0. The van der Waals surface area contributed by atoms with Gasteiger partial charge in [0.1, 0.15) is 5.69 Å². The standard InChI is InChI=1S/C22H22N4O5/c1-15(2)31-21(27)13-18(16-6-4-3-5-7-16)24-22(28)17-8-9-19(20(12-17)26(29)30)25-11-10-23-14-25/h3-12,14-15,18H,13H2,1-2H3,(H,24,28). The van der Waals surface area contributed by atoms with E-state index >= 15 is 0 Å². The number of ether oxygens (including phenoxy) is 1. The maximum atomic E-state index is 12.9. The number of nitrogens with zero attached hydrogens (tertiary/aromatic N) is 3. The molecule has 1 aromatic heterocycles. The lowest BCUT2D eigenvalue weighted by molar-refractivity contribution is -0.384. The Labute approximate surface area is 178 Å². The van der Waals surface area contributed by atoms with Gasteiger partial charge in [0.25, 0.3) is 11.6 Å². The summed E-state index contributed by atoms with van der Waals surface area (Å²) in [4.78, 5) is 40.0. The molecule has 0 bridgehead atoms. The number of imidazole rings is 1. The monoisotopic (exact) mass is 422 g/mol. The number of carbonyl (C=O) groups is 2. The fourth-order valence-electron chi connectivity index (χ4n) is 3.09. The Kier molecular flexibility index (Phi) is 6.76. The number of aromatic nitrogens is 2. The molecular formula is C22H22N4O5. The van der Waals surface area contributed by atoms with E-state index < -0.39 is 22.8 Å². The third-order valence-corrected chi connectivity index (χ3v) is 4.46. The topological polar surface area (TPSA) is 116 Å². The summed E-state index contributed by atoms with van der Waals surface area (Å²) in [7, 11) is 0. The van der Waals surface area contributed by atoms with Gasteiger partial charge in [-0.15, -0.1) is 0 Å². The van der Waals surface area contributed by atoms with Gasteiger partial charge in [-0.3, -0.25) is 19.7 Å². The van der Waals surface area contributed by atoms with Gasteiger partial charge in [0.05, 0.1) is 29.8 Å². The minimum atomic E-state index is -0.646. The van der Waals surface area contributed by atoms with Crippen LogP contribution >= 0.6 is 0 Å². The van der Waals surface area contributed by atoms with Crippen molar-refractivity contribution in [3.05, 3.63) is 88.5 Å². The van der Waals surface area contributed by atoms with Crippen molar-refractivity contribution < 1.29 is 19.2 Å². The summed E-state index contributed by atoms with van der Waals surface area (Å²) in [6.07, 6.45) is 4.17. The molecule has 0 saturated carbocycles. The molecule has 9 nitrogen and oxygen atoms in total. The second-order valence-corrected chi connectivity index (χ2v) is 7.11. The first-order valence-corrected chi connectivity index (χ1v) is 9.67. The van der Waals surface area contributed by atoms with Gasteiger partial charge in [0.2, 0.25) is 0 Å². The normalized spacial score (nSPS) is 11.7. The van der Waals surface area contributed by atoms with Crippen LogP contribution in [0.1, 0.15) is 42.2 Å². The zero-order valence-corrected chi connectivity index (χ0v) is 17.1. The molecule has 0 aliphatic carbocycles. The summed E-state index contributed by atoms with van der Waals surface area (Å²) in [5.41, 5.74) is 0.884. The van der Waals surface area contributed by atoms with Crippen LogP contribution < -0.4 is 5.32 Å². The van der Waals surface area contributed by atoms with Crippen LogP contribution in [0.3, 0.4) is 0 Å². The third-order valence-electron chi connectivity index (χ3n) is 4.46. The number of amides is 1. The van der Waals surface area contributed by atoms with Crippen LogP contribution in [-0.2, 0) is 9.53 Å². The SMILES string of the molecule is CC(C)OC(=O)CC(NC(=O)c1ccc(-n2ccnc2)c([N+](=O)[O-])c1)c1ccccc1. The molecular weight excluding hydrogens is 400 g/mol. The van der Waals surface area contributed by atoms with Gasteiger partial charge in [-0.2, -0.15) is 0 Å². The molecule has 160 valence electrons. The molecule has 0 radical (unpaired) electrons. The Morgan fingerprint density at radius 3 is 2.55 bits per heavy atom. The predicted molar refractivity (Wildman–Crippen MR) is 113 cm³/mol. The minimum absolute atomic E-state index is 0.0663. The van der Waals surface area contributed by atoms with Crippen molar-refractivity contribution in [2.45, 2.75) is 32.4 Å². The number of benzene rings is 2. The summed E-state index contributed by atoms with van der Waals surface area (Å²) < 4.78 is 6.70. The Hall–Kier alpha value is -4.01. The number of nitro benzene ring substituents is 1. The lowest BCUT2D eigenvalue weighted by atomic mass is 10.0. The van der Waals surface area contributed by atoms with E-state index in [4.69, 9.17) is 4.74 Å². The third kappa shape index (κ3) is 5.53. The largest absolute Gasteiger partial charge is 0.463 e. The lowest BCUT2D eigenvalue weighted by Crippen LogP contribution is -2.31. The number of nitrogens with one attached hydrogen (secondary N) is 1. The molecule has 1 amide bonds. The highest BCUT2D eigenvalue weighted by molar-refractivity contribution is 5.95. The first kappa shape index (κ1) is 21.7. The molecule has 2 aromatic carbocycles. The van der Waals surface area contributed by atoms with Crippen molar-refractivity contribution in [3.8, 4) is 5.69 Å². The first-order valence-electron chi connectivity index (χ1n) is 9.67. The summed E-state index contributed by atoms with van der Waals surface area (Å²) in [5.74, 6) is -0.989. The highest BCUT2D eigenvalue weighted by Crippen LogP contribution is 2.25. The molecule has 0 aliphatic rings. The maximum absolute atomic E-state index is 12.9. The van der Waals surface area contributed by atoms with E-state index in [0.717, 1.165) is 5.56 Å². The summed E-state index contributed by atoms with van der Waals surface area (Å²) in [6.45, 7) is 3.49. The highest BCUT2D eigenvalue weighted by Gasteiger charge is 2.23. The average molecular weight is 422 g/mol. The number of nitro groups is 1. The quantitative estimate of drug-likeness (QED) is 0.337. The van der Waals surface area contributed by atoms with E-state index in [2.05, 4.69) is 10.3 Å². The molecule has 1 atom stereocenters. The van der Waals surface area contributed by atoms with Gasteiger partial charge in [-0.25, -0.2) is 4.98 Å². The molecule has 0 fully saturated rings. The molecule has 0 spiro atoms. The van der Waals surface area contributed by atoms with Crippen LogP contribution in [0.15, 0.2) is 67.3 Å². The molecule has 0 aliphatic heterocycles. The van der Waals surface area contributed by atoms with Crippen LogP contribution in [-0.4, -0.2) is 32.5 Å². The molecule has 3 rings (SSSR count). The van der Waals surface area contributed by atoms with Crippen LogP contribution in [0.2, 0.25) is 0 Å². The van der Waals surface area contributed by atoms with Gasteiger partial charge in [0, 0.05) is 24.0 Å². The molecule has 9 heteroatoms. The zero-order valence-electron chi connectivity index (χ0n) is 17.1. The van der Waals surface area contributed by atoms with Crippen LogP contribution in [0.25, 0.3) is 5.69 Å². The number of hydrogen-bond donors (Lipinski definition) is 1. The van der Waals surface area contributed by atoms with Crippen LogP contribution in [0.5, 0.6) is 0 Å². The van der Waals surface area contributed by atoms with Crippen molar-refractivity contribution in [1.82, 2.24) is 14.9 Å². The molecule has 3 aromatic rings. The Morgan fingerprint density at radius 2 is 1.94 bits per heavy atom. The molecule has 1 unspecified atom stereocenters. The van der Waals surface area contributed by atoms with E-state index in [1.54, 1.807) is 44.3 Å². The van der Waals surface area contributed by atoms with E-state index in [-0.39, 0.29) is 23.8 Å². The highest BCUT2D eigenvalue weighted by atomic mass is 16.6. The lowest BCUT2D eigenvalue weighted by Gasteiger charge is -2.19. The number of carbonyl (C=O) groups excluding carboxylic acids is 2. The molecule has 1 heterocycles. The summed E-state index contributed by atoms with van der Waals surface area (Å²) in [5, 5.41) is 14.4. The van der Waals surface area contributed by atoms with E-state index in [1.807, 2.05) is 6.07 Å². The van der Waals surface area contributed by atoms with Crippen LogP contribution in [0, 0.1) is 10.1 Å². The molecule has 31 heavy (non-hydrogen) atoms. The first-order chi connectivity index (χ1) is 14.8. The van der Waals surface area contributed by atoms with Crippen molar-refractivity contribution in [1.29, 1.82) is 0 Å². The fourth-order valence-corrected chi connectivity index (χ4v) is 3.09. The Balaban J connectivity index is 1.86. The van der Waals surface area contributed by atoms with E-state index in [0.29, 0.717) is 5.69 Å². The Bertz CT molecular complexity index is 1060. The number of rotatable bonds is 8. The van der Waals surface area contributed by atoms with Gasteiger partial charge in [0.15, 0.2) is 0 Å². The van der Waals surface area contributed by atoms with Gasteiger partial charge >= 0.3 is 5.97 Å². The minimum Gasteiger partial charge on any atom is -0.463 e. The van der Waals surface area contributed by atoms with Gasteiger partial charge in [-0.05, 0) is 31.5 Å².